The molecule has 2 aromatic rings. The molecule has 0 spiro atoms. The van der Waals surface area contributed by atoms with Crippen LogP contribution in [0.25, 0.3) is 0 Å². The number of benzene rings is 1. The van der Waals surface area contributed by atoms with Gasteiger partial charge in [-0.3, -0.25) is 4.79 Å². The second kappa shape index (κ2) is 6.79. The Bertz CT molecular complexity index is 565. The normalized spacial score (nSPS) is 12.2. The second-order valence-corrected chi connectivity index (χ2v) is 5.18. The van der Waals surface area contributed by atoms with Crippen LogP contribution in [-0.2, 0) is 6.42 Å². The predicted molar refractivity (Wildman–Crippen MR) is 79.3 cm³/mol. The van der Waals surface area contributed by atoms with Gasteiger partial charge in [0.2, 0.25) is 0 Å². The summed E-state index contributed by atoms with van der Waals surface area (Å²) in [5.41, 5.74) is 1.28. The van der Waals surface area contributed by atoms with Gasteiger partial charge in [-0.05, 0) is 11.6 Å². The summed E-state index contributed by atoms with van der Waals surface area (Å²) >= 11 is 11.5. The first-order valence-corrected chi connectivity index (χ1v) is 6.86. The summed E-state index contributed by atoms with van der Waals surface area (Å²) in [5.74, 6) is -0.356. The molecule has 0 saturated carbocycles. The first kappa shape index (κ1) is 14.9. The van der Waals surface area contributed by atoms with Gasteiger partial charge in [-0.25, -0.2) is 0 Å². The van der Waals surface area contributed by atoms with E-state index in [0.717, 1.165) is 5.56 Å². The Labute approximate surface area is 126 Å². The Balaban J connectivity index is 1.84. The van der Waals surface area contributed by atoms with Crippen molar-refractivity contribution in [3.8, 4) is 0 Å². The number of halogens is 2. The van der Waals surface area contributed by atoms with Gasteiger partial charge >= 0.3 is 0 Å². The number of aromatic amines is 1. The maximum Gasteiger partial charge on any atom is 0.267 e. The molecule has 0 radical (unpaired) electrons. The lowest BCUT2D eigenvalue weighted by molar-refractivity contribution is 0.0911. The summed E-state index contributed by atoms with van der Waals surface area (Å²) in [5, 5.41) is 13.0. The molecule has 4 nitrogen and oxygen atoms in total. The molecule has 1 aromatic heterocycles. The van der Waals surface area contributed by atoms with Crippen LogP contribution in [0.5, 0.6) is 0 Å². The highest BCUT2D eigenvalue weighted by Gasteiger charge is 2.13. The highest BCUT2D eigenvalue weighted by molar-refractivity contribution is 6.41. The molecule has 0 aliphatic rings. The van der Waals surface area contributed by atoms with Crippen LogP contribution in [0.3, 0.4) is 0 Å². The van der Waals surface area contributed by atoms with E-state index in [1.807, 2.05) is 30.3 Å². The summed E-state index contributed by atoms with van der Waals surface area (Å²) < 4.78 is 0. The average molecular weight is 313 g/mol. The SMILES string of the molecule is O=C(NCC(O)Cc1ccccc1)c1cc(Cl)c(Cl)[nH]1. The number of carbonyl (C=O) groups is 1. The molecular formula is C14H14Cl2N2O2. The van der Waals surface area contributed by atoms with E-state index in [9.17, 15) is 9.90 Å². The van der Waals surface area contributed by atoms with Crippen LogP contribution in [-0.4, -0.2) is 28.6 Å². The topological polar surface area (TPSA) is 65.1 Å². The Morgan fingerprint density at radius 1 is 1.30 bits per heavy atom. The zero-order valence-electron chi connectivity index (χ0n) is 10.6. The van der Waals surface area contributed by atoms with Crippen LogP contribution in [0.2, 0.25) is 10.2 Å². The molecule has 1 atom stereocenters. The van der Waals surface area contributed by atoms with Crippen molar-refractivity contribution in [2.45, 2.75) is 12.5 Å². The number of amides is 1. The quantitative estimate of drug-likeness (QED) is 0.794. The fraction of sp³-hybridized carbons (Fsp3) is 0.214. The van der Waals surface area contributed by atoms with Crippen molar-refractivity contribution in [1.29, 1.82) is 0 Å². The van der Waals surface area contributed by atoms with Gasteiger partial charge in [-0.1, -0.05) is 53.5 Å². The number of hydrogen-bond acceptors (Lipinski definition) is 2. The molecule has 0 aliphatic heterocycles. The molecule has 0 saturated heterocycles. The monoisotopic (exact) mass is 312 g/mol. The zero-order chi connectivity index (χ0) is 14.5. The number of H-pyrrole nitrogens is 1. The first-order valence-electron chi connectivity index (χ1n) is 6.10. The van der Waals surface area contributed by atoms with Gasteiger partial charge in [-0.15, -0.1) is 0 Å². The largest absolute Gasteiger partial charge is 0.391 e. The van der Waals surface area contributed by atoms with E-state index in [1.54, 1.807) is 0 Å². The minimum Gasteiger partial charge on any atom is -0.391 e. The number of carbonyl (C=O) groups excluding carboxylic acids is 1. The van der Waals surface area contributed by atoms with Crippen molar-refractivity contribution in [3.05, 3.63) is 57.8 Å². The number of aromatic nitrogens is 1. The molecule has 1 amide bonds. The van der Waals surface area contributed by atoms with Crippen LogP contribution in [0, 0.1) is 0 Å². The standard InChI is InChI=1S/C14H14Cl2N2O2/c15-11-7-12(18-13(11)16)14(20)17-8-10(19)6-9-4-2-1-3-5-9/h1-5,7,10,18-19H,6,8H2,(H,17,20). The number of aliphatic hydroxyl groups excluding tert-OH is 1. The van der Waals surface area contributed by atoms with Crippen LogP contribution in [0.15, 0.2) is 36.4 Å². The van der Waals surface area contributed by atoms with Crippen molar-refractivity contribution >= 4 is 29.1 Å². The predicted octanol–water partition coefficient (Wildman–Crippen LogP) is 2.65. The van der Waals surface area contributed by atoms with Crippen LogP contribution >= 0.6 is 23.2 Å². The molecule has 20 heavy (non-hydrogen) atoms. The van der Waals surface area contributed by atoms with Gasteiger partial charge in [0.1, 0.15) is 10.8 Å². The summed E-state index contributed by atoms with van der Waals surface area (Å²) in [6.07, 6.45) is -0.171. The first-order chi connectivity index (χ1) is 9.56. The fourth-order valence-electron chi connectivity index (χ4n) is 1.79. The number of nitrogens with one attached hydrogen (secondary N) is 2. The third-order valence-electron chi connectivity index (χ3n) is 2.78. The molecule has 3 N–H and O–H groups in total. The molecule has 1 aromatic carbocycles. The van der Waals surface area contributed by atoms with Crippen molar-refractivity contribution in [1.82, 2.24) is 10.3 Å². The molecule has 2 rings (SSSR count). The maximum atomic E-state index is 11.8. The van der Waals surface area contributed by atoms with Crippen molar-refractivity contribution < 1.29 is 9.90 Å². The number of rotatable bonds is 5. The lowest BCUT2D eigenvalue weighted by Gasteiger charge is -2.11. The molecule has 1 unspecified atom stereocenters. The molecule has 0 aliphatic carbocycles. The van der Waals surface area contributed by atoms with Crippen molar-refractivity contribution in [3.63, 3.8) is 0 Å². The highest BCUT2D eigenvalue weighted by Crippen LogP contribution is 2.21. The average Bonchev–Trinajstić information content (AvgIpc) is 2.77. The zero-order valence-corrected chi connectivity index (χ0v) is 12.1. The van der Waals surface area contributed by atoms with E-state index in [4.69, 9.17) is 23.2 Å². The summed E-state index contributed by atoms with van der Waals surface area (Å²) in [6.45, 7) is 0.155. The minimum atomic E-state index is -0.651. The minimum absolute atomic E-state index is 0.155. The Kier molecular flexibility index (Phi) is 5.06. The Morgan fingerprint density at radius 3 is 2.60 bits per heavy atom. The van der Waals surface area contributed by atoms with Crippen molar-refractivity contribution in [2.24, 2.45) is 0 Å². The molecule has 0 bridgehead atoms. The molecule has 1 heterocycles. The fourth-order valence-corrected chi connectivity index (χ4v) is 2.10. The van der Waals surface area contributed by atoms with Crippen LogP contribution < -0.4 is 5.32 Å². The lowest BCUT2D eigenvalue weighted by Crippen LogP contribution is -2.33. The number of hydrogen-bond donors (Lipinski definition) is 3. The van der Waals surface area contributed by atoms with Gasteiger partial charge in [-0.2, -0.15) is 0 Å². The smallest absolute Gasteiger partial charge is 0.267 e. The molecule has 106 valence electrons. The van der Waals surface area contributed by atoms with Gasteiger partial charge in [0, 0.05) is 13.0 Å². The number of aliphatic hydroxyl groups is 1. The Hall–Kier alpha value is -1.49. The van der Waals surface area contributed by atoms with Gasteiger partial charge in [0.15, 0.2) is 0 Å². The Morgan fingerprint density at radius 2 is 2.00 bits per heavy atom. The summed E-state index contributed by atoms with van der Waals surface area (Å²) in [4.78, 5) is 14.5. The molecule has 0 fully saturated rings. The van der Waals surface area contributed by atoms with E-state index >= 15 is 0 Å². The van der Waals surface area contributed by atoms with E-state index in [-0.39, 0.29) is 23.3 Å². The lowest BCUT2D eigenvalue weighted by atomic mass is 10.1. The third kappa shape index (κ3) is 4.00. The van der Waals surface area contributed by atoms with E-state index in [0.29, 0.717) is 11.4 Å². The molecule has 6 heteroatoms. The van der Waals surface area contributed by atoms with E-state index < -0.39 is 6.10 Å². The van der Waals surface area contributed by atoms with Gasteiger partial charge < -0.3 is 15.4 Å². The maximum absolute atomic E-state index is 11.8. The summed E-state index contributed by atoms with van der Waals surface area (Å²) in [7, 11) is 0. The van der Waals surface area contributed by atoms with E-state index in [1.165, 1.54) is 6.07 Å². The third-order valence-corrected chi connectivity index (χ3v) is 3.48. The second-order valence-electron chi connectivity index (χ2n) is 4.40. The molecular weight excluding hydrogens is 299 g/mol. The van der Waals surface area contributed by atoms with Crippen molar-refractivity contribution in [2.75, 3.05) is 6.54 Å². The van der Waals surface area contributed by atoms with Gasteiger partial charge in [0.25, 0.3) is 5.91 Å². The van der Waals surface area contributed by atoms with E-state index in [2.05, 4.69) is 10.3 Å². The van der Waals surface area contributed by atoms with Crippen LogP contribution in [0.4, 0.5) is 0 Å². The summed E-state index contributed by atoms with van der Waals surface area (Å²) in [6, 6.07) is 11.0. The van der Waals surface area contributed by atoms with Crippen LogP contribution in [0.1, 0.15) is 16.1 Å². The van der Waals surface area contributed by atoms with Gasteiger partial charge in [0.05, 0.1) is 11.1 Å². The highest BCUT2D eigenvalue weighted by atomic mass is 35.5.